The molecule has 17 heavy (non-hydrogen) atoms. The van der Waals surface area contributed by atoms with Crippen molar-refractivity contribution in [3.8, 4) is 5.75 Å². The molecule has 0 aliphatic carbocycles. The van der Waals surface area contributed by atoms with E-state index in [9.17, 15) is 9.90 Å². The molecular formula is C12H13ClN2O2. The summed E-state index contributed by atoms with van der Waals surface area (Å²) in [5, 5.41) is 14.0. The Morgan fingerprint density at radius 1 is 1.65 bits per heavy atom. The first-order valence-electron chi connectivity index (χ1n) is 4.95. The molecule has 1 rings (SSSR count). The number of nitrogens with zero attached hydrogens (tertiary/aromatic N) is 2. The number of benzene rings is 1. The molecule has 1 aromatic rings. The molecular weight excluding hydrogens is 240 g/mol. The van der Waals surface area contributed by atoms with Gasteiger partial charge in [-0.25, -0.2) is 5.01 Å². The van der Waals surface area contributed by atoms with Gasteiger partial charge in [-0.05, 0) is 29.7 Å². The number of carbonyl (C=O) groups excluding carboxylic acids is 1. The van der Waals surface area contributed by atoms with Gasteiger partial charge in [-0.15, -0.1) is 6.58 Å². The van der Waals surface area contributed by atoms with E-state index >= 15 is 0 Å². The topological polar surface area (TPSA) is 52.9 Å². The Hall–Kier alpha value is -1.81. The highest BCUT2D eigenvalue weighted by molar-refractivity contribution is 6.62. The van der Waals surface area contributed by atoms with Gasteiger partial charge in [-0.1, -0.05) is 18.2 Å². The highest BCUT2D eigenvalue weighted by Gasteiger charge is 2.05. The van der Waals surface area contributed by atoms with Crippen molar-refractivity contribution in [1.82, 2.24) is 5.01 Å². The molecule has 0 atom stereocenters. The van der Waals surface area contributed by atoms with Crippen molar-refractivity contribution in [2.75, 3.05) is 7.05 Å². The number of amides is 1. The van der Waals surface area contributed by atoms with Crippen molar-refractivity contribution >= 4 is 23.2 Å². The first-order chi connectivity index (χ1) is 8.06. The summed E-state index contributed by atoms with van der Waals surface area (Å²) in [4.78, 5) is 10.7. The monoisotopic (exact) mass is 252 g/mol. The number of hydrogen-bond donors (Lipinski definition) is 1. The maximum Gasteiger partial charge on any atom is 0.336 e. The number of phenols is 1. The molecule has 0 bridgehead atoms. The van der Waals surface area contributed by atoms with Gasteiger partial charge in [-0.3, -0.25) is 4.79 Å². The van der Waals surface area contributed by atoms with E-state index < -0.39 is 5.37 Å². The molecule has 0 aliphatic rings. The van der Waals surface area contributed by atoms with Gasteiger partial charge in [0.15, 0.2) is 0 Å². The zero-order valence-electron chi connectivity index (χ0n) is 9.43. The maximum atomic E-state index is 10.7. The predicted octanol–water partition coefficient (Wildman–Crippen LogP) is 2.75. The van der Waals surface area contributed by atoms with Crippen LogP contribution in [-0.2, 0) is 6.42 Å². The third-order valence-corrected chi connectivity index (χ3v) is 2.38. The molecule has 0 radical (unpaired) electrons. The molecule has 0 saturated heterocycles. The fourth-order valence-corrected chi connectivity index (χ4v) is 1.27. The fraction of sp³-hybridized carbons (Fsp3) is 0.167. The summed E-state index contributed by atoms with van der Waals surface area (Å²) in [5.41, 5.74) is 1.28. The third-order valence-electron chi connectivity index (χ3n) is 2.14. The minimum atomic E-state index is -0.692. The Labute approximate surface area is 105 Å². The molecule has 90 valence electrons. The lowest BCUT2D eigenvalue weighted by Gasteiger charge is -2.07. The summed E-state index contributed by atoms with van der Waals surface area (Å²) < 4.78 is 0. The fourth-order valence-electron chi connectivity index (χ4n) is 1.23. The number of hydrogen-bond acceptors (Lipinski definition) is 3. The lowest BCUT2D eigenvalue weighted by atomic mass is 10.1. The van der Waals surface area contributed by atoms with Crippen LogP contribution in [0.2, 0.25) is 0 Å². The lowest BCUT2D eigenvalue weighted by molar-refractivity contribution is 0.234. The Morgan fingerprint density at radius 3 is 2.94 bits per heavy atom. The molecule has 1 aromatic carbocycles. The lowest BCUT2D eigenvalue weighted by Crippen LogP contribution is -2.13. The molecule has 5 heteroatoms. The van der Waals surface area contributed by atoms with E-state index in [2.05, 4.69) is 11.7 Å². The maximum absolute atomic E-state index is 10.7. The Kier molecular flexibility index (Phi) is 4.72. The summed E-state index contributed by atoms with van der Waals surface area (Å²) in [5.74, 6) is 0.131. The summed E-state index contributed by atoms with van der Waals surface area (Å²) in [7, 11) is 1.43. The zero-order valence-corrected chi connectivity index (χ0v) is 10.2. The number of aromatic hydroxyl groups is 1. The second-order valence-electron chi connectivity index (χ2n) is 3.37. The van der Waals surface area contributed by atoms with Crippen molar-refractivity contribution in [3.05, 3.63) is 42.0 Å². The van der Waals surface area contributed by atoms with Crippen molar-refractivity contribution in [2.24, 2.45) is 5.10 Å². The average Bonchev–Trinajstić information content (AvgIpc) is 2.30. The standard InChI is InChI=1S/C12H13ClN2O2/c1-3-5-9-6-4-7-10(11(9)16)8-14-15(2)12(13)17/h3-4,6-8,16H,1,5H2,2H3/b14-8+. The largest absolute Gasteiger partial charge is 0.507 e. The molecule has 1 amide bonds. The van der Waals surface area contributed by atoms with Crippen LogP contribution >= 0.6 is 11.6 Å². The highest BCUT2D eigenvalue weighted by atomic mass is 35.5. The number of rotatable bonds is 4. The van der Waals surface area contributed by atoms with Crippen LogP contribution in [-0.4, -0.2) is 28.7 Å². The second kappa shape index (κ2) is 6.06. The number of phenolic OH excluding ortho intramolecular Hbond substituents is 1. The number of halogens is 1. The van der Waals surface area contributed by atoms with Crippen molar-refractivity contribution in [1.29, 1.82) is 0 Å². The van der Waals surface area contributed by atoms with Crippen molar-refractivity contribution in [3.63, 3.8) is 0 Å². The molecule has 0 heterocycles. The summed E-state index contributed by atoms with van der Waals surface area (Å²) >= 11 is 5.21. The predicted molar refractivity (Wildman–Crippen MR) is 68.6 cm³/mol. The quantitative estimate of drug-likeness (QED) is 0.295. The Balaban J connectivity index is 2.95. The summed E-state index contributed by atoms with van der Waals surface area (Å²) in [6.07, 6.45) is 3.64. The van der Waals surface area contributed by atoms with Gasteiger partial charge in [0.1, 0.15) is 5.75 Å². The molecule has 0 spiro atoms. The van der Waals surface area contributed by atoms with E-state index in [-0.39, 0.29) is 5.75 Å². The van der Waals surface area contributed by atoms with Crippen LogP contribution in [0.5, 0.6) is 5.75 Å². The molecule has 1 N–H and O–H groups in total. The average molecular weight is 253 g/mol. The molecule has 0 saturated carbocycles. The van der Waals surface area contributed by atoms with E-state index in [0.717, 1.165) is 10.6 Å². The van der Waals surface area contributed by atoms with Gasteiger partial charge in [0, 0.05) is 12.6 Å². The normalized spacial score (nSPS) is 10.5. The number of allylic oxidation sites excluding steroid dienone is 1. The minimum absolute atomic E-state index is 0.131. The van der Waals surface area contributed by atoms with Crippen LogP contribution in [0.4, 0.5) is 4.79 Å². The van der Waals surface area contributed by atoms with Crippen LogP contribution in [0, 0.1) is 0 Å². The highest BCUT2D eigenvalue weighted by Crippen LogP contribution is 2.21. The summed E-state index contributed by atoms with van der Waals surface area (Å²) in [6, 6.07) is 5.28. The van der Waals surface area contributed by atoms with Crippen LogP contribution in [0.15, 0.2) is 36.0 Å². The first kappa shape index (κ1) is 13.3. The molecule has 4 nitrogen and oxygen atoms in total. The molecule has 0 fully saturated rings. The number of carbonyl (C=O) groups is 1. The van der Waals surface area contributed by atoms with Crippen molar-refractivity contribution in [2.45, 2.75) is 6.42 Å². The zero-order chi connectivity index (χ0) is 12.8. The van der Waals surface area contributed by atoms with Crippen LogP contribution in [0.3, 0.4) is 0 Å². The first-order valence-corrected chi connectivity index (χ1v) is 5.33. The van der Waals surface area contributed by atoms with E-state index in [1.807, 2.05) is 0 Å². The number of para-hydroxylation sites is 1. The number of hydrazone groups is 1. The van der Waals surface area contributed by atoms with Crippen LogP contribution in [0.1, 0.15) is 11.1 Å². The Bertz CT molecular complexity index is 458. The SMILES string of the molecule is C=CCc1cccc(/C=N/N(C)C(=O)Cl)c1O. The van der Waals surface area contributed by atoms with E-state index in [4.69, 9.17) is 11.6 Å². The Morgan fingerprint density at radius 2 is 2.35 bits per heavy atom. The van der Waals surface area contributed by atoms with Gasteiger partial charge in [-0.2, -0.15) is 5.10 Å². The van der Waals surface area contributed by atoms with Gasteiger partial charge < -0.3 is 5.11 Å². The van der Waals surface area contributed by atoms with E-state index in [1.54, 1.807) is 24.3 Å². The van der Waals surface area contributed by atoms with Gasteiger partial charge in [0.2, 0.25) is 0 Å². The van der Waals surface area contributed by atoms with Gasteiger partial charge >= 0.3 is 5.37 Å². The molecule has 0 unspecified atom stereocenters. The van der Waals surface area contributed by atoms with Crippen LogP contribution in [0.25, 0.3) is 0 Å². The van der Waals surface area contributed by atoms with Crippen molar-refractivity contribution < 1.29 is 9.90 Å². The minimum Gasteiger partial charge on any atom is -0.507 e. The van der Waals surface area contributed by atoms with Gasteiger partial charge in [0.25, 0.3) is 0 Å². The van der Waals surface area contributed by atoms with Crippen LogP contribution < -0.4 is 0 Å². The molecule has 0 aromatic heterocycles. The smallest absolute Gasteiger partial charge is 0.336 e. The third kappa shape index (κ3) is 3.60. The van der Waals surface area contributed by atoms with E-state index in [1.165, 1.54) is 13.3 Å². The summed E-state index contributed by atoms with van der Waals surface area (Å²) in [6.45, 7) is 3.61. The van der Waals surface area contributed by atoms with E-state index in [0.29, 0.717) is 12.0 Å². The second-order valence-corrected chi connectivity index (χ2v) is 3.69. The molecule has 0 aliphatic heterocycles. The van der Waals surface area contributed by atoms with Gasteiger partial charge in [0.05, 0.1) is 6.21 Å².